The van der Waals surface area contributed by atoms with Crippen LogP contribution in [0.25, 0.3) is 0 Å². The van der Waals surface area contributed by atoms with E-state index in [-0.39, 0.29) is 20.4 Å². The summed E-state index contributed by atoms with van der Waals surface area (Å²) in [5, 5.41) is 0. The van der Waals surface area contributed by atoms with Gasteiger partial charge >= 0.3 is 23.7 Å². The molecule has 0 bridgehead atoms. The molecule has 0 amide bonds. The zero-order chi connectivity index (χ0) is 28.6. The maximum Gasteiger partial charge on any atom is 0.339 e. The molecule has 0 aliphatic rings. The van der Waals surface area contributed by atoms with Crippen LogP contribution in [0.5, 0.6) is 11.5 Å². The number of rotatable bonds is 8. The molecule has 4 rings (SSSR count). The highest BCUT2D eigenvalue weighted by molar-refractivity contribution is 9.10. The molecule has 0 aliphatic heterocycles. The Balaban J connectivity index is 1.51. The fraction of sp³-hybridized carbons (Fsp3) is 0.143. The number of halogens is 10. The predicted molar refractivity (Wildman–Crippen MR) is 137 cm³/mol. The molecular weight excluding hydrogens is 664 g/mol. The minimum Gasteiger partial charge on any atom is -0.457 e. The van der Waals surface area contributed by atoms with E-state index < -0.39 is 45.9 Å². The SMILES string of the molecule is FC(F)(c1ccc(Oc2ccc(C(F)(F)C(F)(F)c3cccc(Br)c3)cc2)cc1)C(F)(F)c1cccc(Br)c1. The quantitative estimate of drug-likeness (QED) is 0.168. The van der Waals surface area contributed by atoms with Crippen LogP contribution in [0.3, 0.4) is 0 Å². The third kappa shape index (κ3) is 5.56. The highest BCUT2D eigenvalue weighted by atomic mass is 79.9. The number of ether oxygens (including phenoxy) is 1. The molecule has 1 nitrogen and oxygen atoms in total. The van der Waals surface area contributed by atoms with E-state index in [4.69, 9.17) is 4.74 Å². The first-order valence-electron chi connectivity index (χ1n) is 11.1. The summed E-state index contributed by atoms with van der Waals surface area (Å²) >= 11 is 5.96. The van der Waals surface area contributed by atoms with Crippen LogP contribution in [-0.4, -0.2) is 0 Å². The second-order valence-electron chi connectivity index (χ2n) is 8.47. The molecule has 0 saturated heterocycles. The highest BCUT2D eigenvalue weighted by Gasteiger charge is 2.59. The monoisotopic (exact) mass is 678 g/mol. The summed E-state index contributed by atoms with van der Waals surface area (Å²) < 4.78 is 124. The summed E-state index contributed by atoms with van der Waals surface area (Å²) in [6.07, 6.45) is 0. The molecule has 0 aromatic heterocycles. The molecule has 0 unspecified atom stereocenters. The molecule has 0 atom stereocenters. The first-order chi connectivity index (χ1) is 18.2. The second kappa shape index (κ2) is 10.6. The Labute approximate surface area is 234 Å². The van der Waals surface area contributed by atoms with Crippen molar-refractivity contribution in [2.75, 3.05) is 0 Å². The Hall–Kier alpha value is -2.92. The number of alkyl halides is 8. The molecule has 4 aromatic carbocycles. The molecular formula is C28H16Br2F8O. The normalized spacial score (nSPS) is 12.9. The van der Waals surface area contributed by atoms with Crippen molar-refractivity contribution in [2.45, 2.75) is 23.7 Å². The summed E-state index contributed by atoms with van der Waals surface area (Å²) in [4.78, 5) is 0. The van der Waals surface area contributed by atoms with E-state index in [0.717, 1.165) is 72.8 Å². The van der Waals surface area contributed by atoms with E-state index in [1.807, 2.05) is 0 Å². The van der Waals surface area contributed by atoms with Crippen LogP contribution in [0.2, 0.25) is 0 Å². The number of benzene rings is 4. The Morgan fingerprint density at radius 1 is 0.410 bits per heavy atom. The van der Waals surface area contributed by atoms with Crippen LogP contribution in [0, 0.1) is 0 Å². The molecule has 39 heavy (non-hydrogen) atoms. The molecule has 0 heterocycles. The van der Waals surface area contributed by atoms with Crippen LogP contribution in [0.1, 0.15) is 22.3 Å². The average molecular weight is 680 g/mol. The summed E-state index contributed by atoms with van der Waals surface area (Å²) in [5.74, 6) is -18.3. The molecule has 11 heteroatoms. The first-order valence-corrected chi connectivity index (χ1v) is 12.7. The molecule has 0 saturated carbocycles. The fourth-order valence-electron chi connectivity index (χ4n) is 3.69. The average Bonchev–Trinajstić information content (AvgIpc) is 2.89. The van der Waals surface area contributed by atoms with Gasteiger partial charge in [-0.05, 0) is 72.8 Å². The van der Waals surface area contributed by atoms with Gasteiger partial charge in [0.2, 0.25) is 0 Å². The molecule has 4 aromatic rings. The van der Waals surface area contributed by atoms with E-state index in [9.17, 15) is 35.1 Å². The lowest BCUT2D eigenvalue weighted by Gasteiger charge is -2.27. The van der Waals surface area contributed by atoms with Crippen LogP contribution in [0.15, 0.2) is 106 Å². The van der Waals surface area contributed by atoms with Gasteiger partial charge in [-0.3, -0.25) is 0 Å². The molecule has 0 fully saturated rings. The van der Waals surface area contributed by atoms with E-state index >= 15 is 0 Å². The van der Waals surface area contributed by atoms with Gasteiger partial charge in [0.15, 0.2) is 0 Å². The minimum absolute atomic E-state index is 0.0701. The third-order valence-electron chi connectivity index (χ3n) is 5.83. The van der Waals surface area contributed by atoms with Gasteiger partial charge in [0.1, 0.15) is 11.5 Å². The lowest BCUT2D eigenvalue weighted by atomic mass is 9.96. The van der Waals surface area contributed by atoms with Gasteiger partial charge in [-0.2, -0.15) is 35.1 Å². The summed E-state index contributed by atoms with van der Waals surface area (Å²) in [7, 11) is 0. The highest BCUT2D eigenvalue weighted by Crippen LogP contribution is 2.51. The van der Waals surface area contributed by atoms with Crippen molar-refractivity contribution in [1.29, 1.82) is 0 Å². The Morgan fingerprint density at radius 2 is 0.718 bits per heavy atom. The predicted octanol–water partition coefficient (Wildman–Crippen LogP) is 10.8. The van der Waals surface area contributed by atoms with Crippen LogP contribution in [-0.2, 0) is 23.7 Å². The standard InChI is InChI=1S/C28H16Br2F8O/c29-21-5-1-3-19(15-21)27(35,36)25(31,32)17-7-11-23(12-8-17)39-24-13-9-18(10-14-24)26(33,34)28(37,38)20-4-2-6-22(30)16-20/h1-16H. The molecule has 0 spiro atoms. The summed E-state index contributed by atoms with van der Waals surface area (Å²) in [6.45, 7) is 0. The molecule has 0 aliphatic carbocycles. The van der Waals surface area contributed by atoms with Gasteiger partial charge in [-0.25, -0.2) is 0 Å². The van der Waals surface area contributed by atoms with Gasteiger partial charge in [0, 0.05) is 31.2 Å². The maximum absolute atomic E-state index is 14.8. The zero-order valence-corrected chi connectivity index (χ0v) is 22.6. The fourth-order valence-corrected chi connectivity index (χ4v) is 4.49. The van der Waals surface area contributed by atoms with Crippen molar-refractivity contribution < 1.29 is 39.9 Å². The van der Waals surface area contributed by atoms with Gasteiger partial charge in [0.05, 0.1) is 0 Å². The first kappa shape index (κ1) is 29.1. The molecule has 0 N–H and O–H groups in total. The van der Waals surface area contributed by atoms with Crippen molar-refractivity contribution in [1.82, 2.24) is 0 Å². The number of hydrogen-bond acceptors (Lipinski definition) is 1. The largest absolute Gasteiger partial charge is 0.457 e. The summed E-state index contributed by atoms with van der Waals surface area (Å²) in [6, 6.07) is 15.9. The molecule has 0 radical (unpaired) electrons. The smallest absolute Gasteiger partial charge is 0.339 e. The van der Waals surface area contributed by atoms with E-state index in [0.29, 0.717) is 0 Å². The molecule has 204 valence electrons. The van der Waals surface area contributed by atoms with Crippen molar-refractivity contribution >= 4 is 31.9 Å². The van der Waals surface area contributed by atoms with Crippen molar-refractivity contribution in [2.24, 2.45) is 0 Å². The van der Waals surface area contributed by atoms with E-state index in [1.165, 1.54) is 24.3 Å². The van der Waals surface area contributed by atoms with Crippen LogP contribution in [0.4, 0.5) is 35.1 Å². The van der Waals surface area contributed by atoms with Crippen molar-refractivity contribution in [3.8, 4) is 11.5 Å². The zero-order valence-electron chi connectivity index (χ0n) is 19.4. The lowest BCUT2D eigenvalue weighted by Crippen LogP contribution is -2.35. The van der Waals surface area contributed by atoms with Crippen LogP contribution >= 0.6 is 31.9 Å². The topological polar surface area (TPSA) is 9.23 Å². The second-order valence-corrected chi connectivity index (χ2v) is 10.3. The summed E-state index contributed by atoms with van der Waals surface area (Å²) in [5.41, 5.74) is -3.73. The van der Waals surface area contributed by atoms with E-state index in [2.05, 4.69) is 31.9 Å². The number of hydrogen-bond donors (Lipinski definition) is 0. The Bertz CT molecular complexity index is 1340. The van der Waals surface area contributed by atoms with Crippen LogP contribution < -0.4 is 4.74 Å². The third-order valence-corrected chi connectivity index (χ3v) is 6.82. The van der Waals surface area contributed by atoms with E-state index in [1.54, 1.807) is 0 Å². The Kier molecular flexibility index (Phi) is 7.88. The maximum atomic E-state index is 14.8. The van der Waals surface area contributed by atoms with Gasteiger partial charge in [-0.15, -0.1) is 0 Å². The Morgan fingerprint density at radius 3 is 1.03 bits per heavy atom. The van der Waals surface area contributed by atoms with Crippen molar-refractivity contribution in [3.05, 3.63) is 128 Å². The van der Waals surface area contributed by atoms with Gasteiger partial charge in [-0.1, -0.05) is 56.1 Å². The van der Waals surface area contributed by atoms with Gasteiger partial charge < -0.3 is 4.74 Å². The minimum atomic E-state index is -4.57. The van der Waals surface area contributed by atoms with Gasteiger partial charge in [0.25, 0.3) is 0 Å². The lowest BCUT2D eigenvalue weighted by molar-refractivity contribution is -0.223. The van der Waals surface area contributed by atoms with Crippen molar-refractivity contribution in [3.63, 3.8) is 0 Å².